The minimum absolute atomic E-state index is 0.0728. The van der Waals surface area contributed by atoms with Gasteiger partial charge in [0.15, 0.2) is 0 Å². The quantitative estimate of drug-likeness (QED) is 0.0379. The topological polar surface area (TPSA) is 232 Å². The standard InChI is InChI=1S/C58H66F3N9O10S2/c1-37(68(2)56(75)76)50(72)65-47(39-14-7-4-8-15-39)53(74)70-23-11-20-46(70)52-63-45(35-81-52)48(71)40-16-10-19-43(33-40)79-31-30-78-29-28-77-27-26-69-24-21-57(22-25-69,55-64-44(34-82-55)38-12-5-3-6-13-38)36-62-51(73)42-18-9-17-41(32-42)49-66-54(80-67-49)58(59,60)61/h3,5-6,9-10,12-13,16-19,32-35,37,39,46-47H,4,7-8,11,14-15,20-31,36H2,1-2H3,(H,62,73)(H,65,72)(H,75,76)/t37-,46-,47-/m0/s1. The van der Waals surface area contributed by atoms with Crippen molar-refractivity contribution in [3.05, 3.63) is 122 Å². The highest BCUT2D eigenvalue weighted by Gasteiger charge is 2.43. The molecule has 3 atom stereocenters. The highest BCUT2D eigenvalue weighted by molar-refractivity contribution is 7.10. The zero-order valence-electron chi connectivity index (χ0n) is 45.6. The molecule has 6 aromatic rings. The summed E-state index contributed by atoms with van der Waals surface area (Å²) in [5.41, 5.74) is 2.46. The van der Waals surface area contributed by atoms with Gasteiger partial charge in [-0.05, 0) is 88.7 Å². The van der Waals surface area contributed by atoms with Crippen LogP contribution in [-0.2, 0) is 30.7 Å². The number of benzene rings is 3. The molecule has 2 aliphatic heterocycles. The molecule has 3 N–H and O–H groups in total. The molecular formula is C58H66F3N9O10S2. The number of carboxylic acid groups (broad SMARTS) is 1. The van der Waals surface area contributed by atoms with E-state index in [9.17, 15) is 42.3 Å². The van der Waals surface area contributed by atoms with Gasteiger partial charge in [0, 0.05) is 65.1 Å². The molecule has 5 heterocycles. The Kier molecular flexibility index (Phi) is 19.8. The number of ketones is 1. The Morgan fingerprint density at radius 1 is 0.817 bits per heavy atom. The van der Waals surface area contributed by atoms with E-state index in [0.29, 0.717) is 68.5 Å². The van der Waals surface area contributed by atoms with Crippen molar-refractivity contribution in [3.8, 4) is 28.4 Å². The summed E-state index contributed by atoms with van der Waals surface area (Å²) in [5.74, 6) is -2.74. The van der Waals surface area contributed by atoms with E-state index in [2.05, 4.69) is 30.2 Å². The molecular weight excluding hydrogens is 1100 g/mol. The van der Waals surface area contributed by atoms with Crippen molar-refractivity contribution in [3.63, 3.8) is 0 Å². The summed E-state index contributed by atoms with van der Waals surface area (Å²) in [6.07, 6.45) is 1.28. The molecule has 82 heavy (non-hydrogen) atoms. The lowest BCUT2D eigenvalue weighted by Crippen LogP contribution is -2.56. The molecule has 3 fully saturated rings. The maximum Gasteiger partial charge on any atom is 0.471 e. The molecule has 0 radical (unpaired) electrons. The molecule has 0 unspecified atom stereocenters. The molecule has 9 rings (SSSR count). The number of carbonyl (C=O) groups excluding carboxylic acids is 4. The summed E-state index contributed by atoms with van der Waals surface area (Å²) in [4.78, 5) is 84.9. The smallest absolute Gasteiger partial charge is 0.471 e. The fraction of sp³-hybridized carbons (Fsp3) is 0.466. The number of thiazole rings is 2. The SMILES string of the molecule is C[C@@H](C(=O)N[C@H](C(=O)N1CCC[C@H]1c1nc(C(=O)c2cccc(OCCOCCOCCN3CCC(CNC(=O)c4cccc(-c5noc(C(F)(F)F)n5)c4)(c4nc(-c5ccccc5)cs4)CC3)c2)cs1)C1CCCCC1)N(C)C(=O)O. The van der Waals surface area contributed by atoms with Gasteiger partial charge in [-0.25, -0.2) is 14.8 Å². The maximum absolute atomic E-state index is 14.3. The van der Waals surface area contributed by atoms with Gasteiger partial charge in [-0.3, -0.25) is 24.1 Å². The molecule has 24 heteroatoms. The summed E-state index contributed by atoms with van der Waals surface area (Å²) in [5, 5.41) is 24.2. The number of nitrogens with one attached hydrogen (secondary N) is 2. The Morgan fingerprint density at radius 3 is 2.28 bits per heavy atom. The van der Waals surface area contributed by atoms with Crippen LogP contribution in [0, 0.1) is 5.92 Å². The van der Waals surface area contributed by atoms with Crippen LogP contribution in [0.2, 0.25) is 0 Å². The minimum Gasteiger partial charge on any atom is -0.491 e. The van der Waals surface area contributed by atoms with Crippen molar-refractivity contribution in [1.29, 1.82) is 0 Å². The van der Waals surface area contributed by atoms with Crippen molar-refractivity contribution in [2.24, 2.45) is 5.92 Å². The number of halogens is 3. The van der Waals surface area contributed by atoms with E-state index in [1.165, 1.54) is 37.4 Å². The number of likely N-dealkylation sites (N-methyl/N-ethyl adjacent to an activating group) is 1. The fourth-order valence-electron chi connectivity index (χ4n) is 10.6. The lowest BCUT2D eigenvalue weighted by atomic mass is 9.78. The number of aromatic nitrogens is 4. The zero-order valence-corrected chi connectivity index (χ0v) is 47.2. The highest BCUT2D eigenvalue weighted by Crippen LogP contribution is 2.40. The summed E-state index contributed by atoms with van der Waals surface area (Å²) >= 11 is 2.88. The largest absolute Gasteiger partial charge is 0.491 e. The van der Waals surface area contributed by atoms with Crippen LogP contribution in [0.4, 0.5) is 18.0 Å². The van der Waals surface area contributed by atoms with E-state index in [4.69, 9.17) is 24.2 Å². The van der Waals surface area contributed by atoms with Gasteiger partial charge in [0.05, 0.1) is 38.2 Å². The van der Waals surface area contributed by atoms with Crippen molar-refractivity contribution >= 4 is 52.3 Å². The Morgan fingerprint density at radius 2 is 1.54 bits per heavy atom. The van der Waals surface area contributed by atoms with E-state index in [-0.39, 0.29) is 66.1 Å². The number of carbonyl (C=O) groups is 5. The first-order valence-corrected chi connectivity index (χ1v) is 29.3. The summed E-state index contributed by atoms with van der Waals surface area (Å²) in [6, 6.07) is 20.7. The van der Waals surface area contributed by atoms with Crippen LogP contribution in [0.15, 0.2) is 94.1 Å². The number of piperidine rings is 1. The molecule has 19 nitrogen and oxygen atoms in total. The predicted molar refractivity (Wildman–Crippen MR) is 299 cm³/mol. The van der Waals surface area contributed by atoms with Gasteiger partial charge in [-0.15, -0.1) is 22.7 Å². The molecule has 0 bridgehead atoms. The predicted octanol–water partition coefficient (Wildman–Crippen LogP) is 9.17. The summed E-state index contributed by atoms with van der Waals surface area (Å²) < 4.78 is 61.5. The van der Waals surface area contributed by atoms with Gasteiger partial charge in [0.2, 0.25) is 23.4 Å². The Hall–Kier alpha value is -7.12. The zero-order chi connectivity index (χ0) is 57.8. The number of hydrogen-bond donors (Lipinski definition) is 3. The highest BCUT2D eigenvalue weighted by atomic mass is 32.1. The molecule has 3 aromatic carbocycles. The molecule has 3 aliphatic rings. The van der Waals surface area contributed by atoms with Crippen molar-refractivity contribution in [2.75, 3.05) is 72.8 Å². The second kappa shape index (κ2) is 27.3. The number of hydrogen-bond acceptors (Lipinski definition) is 16. The summed E-state index contributed by atoms with van der Waals surface area (Å²) in [6.45, 7) is 6.14. The van der Waals surface area contributed by atoms with E-state index in [0.717, 1.165) is 72.8 Å². The average molecular weight is 1170 g/mol. The fourth-order valence-corrected chi connectivity index (χ4v) is 12.7. The van der Waals surface area contributed by atoms with Crippen LogP contribution in [0.25, 0.3) is 22.6 Å². The number of alkyl halides is 3. The third-order valence-electron chi connectivity index (χ3n) is 15.5. The lowest BCUT2D eigenvalue weighted by Gasteiger charge is -2.40. The van der Waals surface area contributed by atoms with Crippen LogP contribution in [0.3, 0.4) is 0 Å². The molecule has 1 saturated carbocycles. The second-order valence-corrected chi connectivity index (χ2v) is 22.6. The number of nitrogens with zero attached hydrogens (tertiary/aromatic N) is 7. The van der Waals surface area contributed by atoms with Crippen LogP contribution in [0.1, 0.15) is 113 Å². The van der Waals surface area contributed by atoms with Crippen molar-refractivity contribution in [2.45, 2.75) is 94.4 Å². The molecule has 2 saturated heterocycles. The average Bonchev–Trinajstić information content (AvgIpc) is 4.55. The monoisotopic (exact) mass is 1170 g/mol. The van der Waals surface area contributed by atoms with E-state index >= 15 is 0 Å². The van der Waals surface area contributed by atoms with Crippen LogP contribution < -0.4 is 15.4 Å². The first-order valence-electron chi connectivity index (χ1n) is 27.6. The first kappa shape index (κ1) is 59.5. The van der Waals surface area contributed by atoms with Gasteiger partial charge in [-0.2, -0.15) is 18.2 Å². The van der Waals surface area contributed by atoms with Gasteiger partial charge < -0.3 is 44.3 Å². The third kappa shape index (κ3) is 14.7. The maximum atomic E-state index is 14.3. The van der Waals surface area contributed by atoms with Crippen molar-refractivity contribution < 1.29 is 61.0 Å². The van der Waals surface area contributed by atoms with Crippen molar-refractivity contribution in [1.82, 2.24) is 45.4 Å². The molecule has 0 spiro atoms. The Bertz CT molecular complexity index is 3140. The Labute approximate surface area is 480 Å². The van der Waals surface area contributed by atoms with Crippen LogP contribution >= 0.6 is 22.7 Å². The van der Waals surface area contributed by atoms with E-state index in [1.54, 1.807) is 58.0 Å². The molecule has 4 amide bonds. The first-order chi connectivity index (χ1) is 39.6. The molecule has 3 aromatic heterocycles. The second-order valence-electron chi connectivity index (χ2n) is 20.9. The lowest BCUT2D eigenvalue weighted by molar-refractivity contribution is -0.159. The van der Waals surface area contributed by atoms with E-state index < -0.39 is 47.5 Å². The van der Waals surface area contributed by atoms with Gasteiger partial charge in [-0.1, -0.05) is 79.0 Å². The van der Waals surface area contributed by atoms with Gasteiger partial charge in [0.1, 0.15) is 40.1 Å². The normalized spacial score (nSPS) is 17.5. The van der Waals surface area contributed by atoms with Gasteiger partial charge in [0.25, 0.3) is 5.91 Å². The third-order valence-corrected chi connectivity index (χ3v) is 17.6. The van der Waals surface area contributed by atoms with Gasteiger partial charge >= 0.3 is 18.2 Å². The van der Waals surface area contributed by atoms with E-state index in [1.807, 2.05) is 35.7 Å². The number of ether oxygens (including phenoxy) is 3. The minimum atomic E-state index is -4.80. The Balaban J connectivity index is 0.709. The molecule has 1 aliphatic carbocycles. The van der Waals surface area contributed by atoms with Crippen LogP contribution in [-0.4, -0.2) is 154 Å². The van der Waals surface area contributed by atoms with Crippen LogP contribution in [0.5, 0.6) is 5.75 Å². The number of rotatable bonds is 24. The number of likely N-dealkylation sites (tertiary alicyclic amines) is 2. The summed E-state index contributed by atoms with van der Waals surface area (Å²) in [7, 11) is 1.33. The number of amides is 4. The molecule has 436 valence electrons.